The van der Waals surface area contributed by atoms with E-state index >= 15 is 0 Å². The van der Waals surface area contributed by atoms with Crippen molar-refractivity contribution in [2.75, 3.05) is 34.4 Å². The predicted molar refractivity (Wildman–Crippen MR) is 110 cm³/mol. The highest BCUT2D eigenvalue weighted by Gasteiger charge is 2.23. The maximum absolute atomic E-state index is 11.5. The molecule has 1 aliphatic rings. The van der Waals surface area contributed by atoms with E-state index in [1.807, 2.05) is 0 Å². The lowest BCUT2D eigenvalue weighted by atomic mass is 10.1. The van der Waals surface area contributed by atoms with Crippen LogP contribution in [-0.2, 0) is 11.3 Å². The van der Waals surface area contributed by atoms with Gasteiger partial charge in [0.2, 0.25) is 0 Å². The van der Waals surface area contributed by atoms with Crippen LogP contribution in [0.15, 0.2) is 23.2 Å². The largest absolute Gasteiger partial charge is 0.508 e. The highest BCUT2D eigenvalue weighted by atomic mass is 127. The van der Waals surface area contributed by atoms with Crippen LogP contribution in [-0.4, -0.2) is 62.5 Å². The van der Waals surface area contributed by atoms with Crippen molar-refractivity contribution in [2.24, 2.45) is 4.99 Å². The summed E-state index contributed by atoms with van der Waals surface area (Å²) in [6, 6.07) is 5.33. The average molecular weight is 478 g/mol. The van der Waals surface area contributed by atoms with E-state index < -0.39 is 0 Å². The zero-order chi connectivity index (χ0) is 18.2. The first-order valence-corrected chi connectivity index (χ1v) is 8.23. The van der Waals surface area contributed by atoms with Gasteiger partial charge in [-0.15, -0.1) is 24.0 Å². The molecule has 0 aliphatic carbocycles. The molecule has 0 atom stereocenters. The monoisotopic (exact) mass is 478 g/mol. The summed E-state index contributed by atoms with van der Waals surface area (Å²) in [5.41, 5.74) is 0.725. The van der Waals surface area contributed by atoms with Gasteiger partial charge in [0.25, 0.3) is 0 Å². The van der Waals surface area contributed by atoms with Crippen LogP contribution < -0.4 is 15.4 Å². The molecule has 3 N–H and O–H groups in total. The average Bonchev–Trinajstić information content (AvgIpc) is 2.66. The summed E-state index contributed by atoms with van der Waals surface area (Å²) in [4.78, 5) is 17.4. The molecule has 1 fully saturated rings. The molecule has 0 saturated carbocycles. The molecule has 1 aromatic carbocycles. The Kier molecular flexibility index (Phi) is 9.31. The molecule has 1 heterocycles. The molecule has 8 nitrogen and oxygen atoms in total. The lowest BCUT2D eigenvalue weighted by molar-refractivity contribution is 0.111. The minimum atomic E-state index is -0.283. The van der Waals surface area contributed by atoms with Crippen LogP contribution >= 0.6 is 24.0 Å². The van der Waals surface area contributed by atoms with Crippen molar-refractivity contribution in [3.63, 3.8) is 0 Å². The second kappa shape index (κ2) is 10.9. The number of guanidine groups is 1. The minimum absolute atomic E-state index is 0. The SMILES string of the molecule is CN=C(NCc1cc(OC)ccc1O)NC1CCN(C(=O)OC)CC1.I. The molecule has 26 heavy (non-hydrogen) atoms. The zero-order valence-corrected chi connectivity index (χ0v) is 17.6. The number of ether oxygens (including phenoxy) is 2. The number of aliphatic imine (C=N–C) groups is 1. The summed E-state index contributed by atoms with van der Waals surface area (Å²) >= 11 is 0. The Bertz CT molecular complexity index is 619. The molecule has 9 heteroatoms. The molecule has 0 spiro atoms. The highest BCUT2D eigenvalue weighted by Crippen LogP contribution is 2.22. The van der Waals surface area contributed by atoms with Crippen LogP contribution in [0.1, 0.15) is 18.4 Å². The third-order valence-electron chi connectivity index (χ3n) is 4.23. The van der Waals surface area contributed by atoms with Crippen molar-refractivity contribution < 1.29 is 19.4 Å². The summed E-state index contributed by atoms with van der Waals surface area (Å²) in [6.07, 6.45) is 1.36. The number of hydrogen-bond acceptors (Lipinski definition) is 5. The van der Waals surface area contributed by atoms with Gasteiger partial charge in [-0.05, 0) is 31.0 Å². The number of aromatic hydroxyl groups is 1. The van der Waals surface area contributed by atoms with E-state index in [4.69, 9.17) is 9.47 Å². The first-order valence-electron chi connectivity index (χ1n) is 8.23. The summed E-state index contributed by atoms with van der Waals surface area (Å²) in [5, 5.41) is 16.5. The molecule has 1 amide bonds. The number of phenolic OH excluding ortho intramolecular Hbond substituents is 1. The van der Waals surface area contributed by atoms with E-state index in [-0.39, 0.29) is 41.9 Å². The molecule has 146 valence electrons. The number of halogens is 1. The number of phenols is 1. The van der Waals surface area contributed by atoms with E-state index in [9.17, 15) is 9.90 Å². The number of rotatable bonds is 4. The number of benzene rings is 1. The Balaban J connectivity index is 0.00000338. The first kappa shape index (κ1) is 22.1. The number of carbonyl (C=O) groups is 1. The lowest BCUT2D eigenvalue weighted by Crippen LogP contribution is -2.49. The van der Waals surface area contributed by atoms with Gasteiger partial charge in [-0.3, -0.25) is 4.99 Å². The first-order chi connectivity index (χ1) is 12.1. The van der Waals surface area contributed by atoms with E-state index in [1.165, 1.54) is 7.11 Å². The summed E-state index contributed by atoms with van der Waals surface area (Å²) in [5.74, 6) is 1.54. The van der Waals surface area contributed by atoms with Crippen molar-refractivity contribution in [2.45, 2.75) is 25.4 Å². The molecule has 0 unspecified atom stereocenters. The van der Waals surface area contributed by atoms with Crippen molar-refractivity contribution in [1.82, 2.24) is 15.5 Å². The quantitative estimate of drug-likeness (QED) is 0.348. The zero-order valence-electron chi connectivity index (χ0n) is 15.3. The van der Waals surface area contributed by atoms with Crippen LogP contribution in [0.25, 0.3) is 0 Å². The Morgan fingerprint density at radius 2 is 2.04 bits per heavy atom. The molecule has 0 radical (unpaired) electrons. The fraction of sp³-hybridized carbons (Fsp3) is 0.529. The molecule has 0 aromatic heterocycles. The van der Waals surface area contributed by atoms with Crippen LogP contribution in [0, 0.1) is 0 Å². The summed E-state index contributed by atoms with van der Waals surface area (Å²) < 4.78 is 9.92. The fourth-order valence-electron chi connectivity index (χ4n) is 2.73. The number of methoxy groups -OCH3 is 2. The number of hydrogen-bond donors (Lipinski definition) is 3. The molecule has 0 bridgehead atoms. The van der Waals surface area contributed by atoms with E-state index in [0.29, 0.717) is 31.3 Å². The minimum Gasteiger partial charge on any atom is -0.508 e. The van der Waals surface area contributed by atoms with Gasteiger partial charge in [0.05, 0.1) is 14.2 Å². The summed E-state index contributed by atoms with van der Waals surface area (Å²) in [6.45, 7) is 1.72. The van der Waals surface area contributed by atoms with Gasteiger partial charge >= 0.3 is 6.09 Å². The molecular formula is C17H27IN4O4. The molecular weight excluding hydrogens is 451 g/mol. The number of piperidine rings is 1. The second-order valence-electron chi connectivity index (χ2n) is 5.80. The Labute approximate surface area is 171 Å². The van der Waals surface area contributed by atoms with E-state index in [1.54, 1.807) is 37.3 Å². The Morgan fingerprint density at radius 3 is 2.62 bits per heavy atom. The topological polar surface area (TPSA) is 95.4 Å². The fourth-order valence-corrected chi connectivity index (χ4v) is 2.73. The van der Waals surface area contributed by atoms with E-state index in [2.05, 4.69) is 15.6 Å². The number of amides is 1. The molecule has 1 aliphatic heterocycles. The van der Waals surface area contributed by atoms with E-state index in [0.717, 1.165) is 18.4 Å². The number of likely N-dealkylation sites (tertiary alicyclic amines) is 1. The lowest BCUT2D eigenvalue weighted by Gasteiger charge is -2.32. The Morgan fingerprint density at radius 1 is 1.35 bits per heavy atom. The Hall–Kier alpha value is -1.91. The maximum Gasteiger partial charge on any atom is 0.409 e. The smallest absolute Gasteiger partial charge is 0.409 e. The van der Waals surface area contributed by atoms with Crippen molar-refractivity contribution >= 4 is 36.0 Å². The van der Waals surface area contributed by atoms with Crippen molar-refractivity contribution in [1.29, 1.82) is 0 Å². The summed E-state index contributed by atoms with van der Waals surface area (Å²) in [7, 11) is 4.68. The molecule has 1 aromatic rings. The van der Waals surface area contributed by atoms with Crippen LogP contribution in [0.2, 0.25) is 0 Å². The molecule has 2 rings (SSSR count). The number of nitrogens with one attached hydrogen (secondary N) is 2. The van der Waals surface area contributed by atoms with Gasteiger partial charge in [0.1, 0.15) is 11.5 Å². The van der Waals surface area contributed by atoms with Crippen LogP contribution in [0.3, 0.4) is 0 Å². The van der Waals surface area contributed by atoms with Gasteiger partial charge in [0.15, 0.2) is 5.96 Å². The third-order valence-corrected chi connectivity index (χ3v) is 4.23. The number of carbonyl (C=O) groups excluding carboxylic acids is 1. The van der Waals surface area contributed by atoms with Gasteiger partial charge < -0.3 is 30.1 Å². The molecule has 1 saturated heterocycles. The van der Waals surface area contributed by atoms with Gasteiger partial charge in [0, 0.05) is 38.3 Å². The van der Waals surface area contributed by atoms with Gasteiger partial charge in [-0.1, -0.05) is 0 Å². The second-order valence-corrected chi connectivity index (χ2v) is 5.80. The van der Waals surface area contributed by atoms with Gasteiger partial charge in [-0.25, -0.2) is 4.79 Å². The van der Waals surface area contributed by atoms with Crippen molar-refractivity contribution in [3.05, 3.63) is 23.8 Å². The van der Waals surface area contributed by atoms with Crippen LogP contribution in [0.5, 0.6) is 11.5 Å². The van der Waals surface area contributed by atoms with Crippen LogP contribution in [0.4, 0.5) is 4.79 Å². The maximum atomic E-state index is 11.5. The number of nitrogens with zero attached hydrogens (tertiary/aromatic N) is 2. The van der Waals surface area contributed by atoms with Crippen molar-refractivity contribution in [3.8, 4) is 11.5 Å². The predicted octanol–water partition coefficient (Wildman–Crippen LogP) is 1.91. The third kappa shape index (κ3) is 6.11. The standard InChI is InChI=1S/C17H26N4O4.HI/c1-18-16(19-11-12-10-14(24-2)4-5-15(12)22)20-13-6-8-21(9-7-13)17(23)25-3;/h4-5,10,13,22H,6-9,11H2,1-3H3,(H2,18,19,20);1H. The highest BCUT2D eigenvalue weighted by molar-refractivity contribution is 14.0. The van der Waals surface area contributed by atoms with Gasteiger partial charge in [-0.2, -0.15) is 0 Å². The normalized spacial score (nSPS) is 15.0.